The summed E-state index contributed by atoms with van der Waals surface area (Å²) in [5.41, 5.74) is 0. The zero-order chi connectivity index (χ0) is 5.98. The van der Waals surface area contributed by atoms with Gasteiger partial charge in [-0.05, 0) is 6.42 Å². The second-order valence-corrected chi connectivity index (χ2v) is 2.27. The van der Waals surface area contributed by atoms with Crippen LogP contribution in [0.4, 0.5) is 0 Å². The highest BCUT2D eigenvalue weighted by Gasteiger charge is 2.24. The Labute approximate surface area is 49.5 Å². The third kappa shape index (κ3) is 1.01. The van der Waals surface area contributed by atoms with E-state index in [1.54, 1.807) is 0 Å². The van der Waals surface area contributed by atoms with Crippen LogP contribution >= 0.6 is 0 Å². The van der Waals surface area contributed by atoms with Crippen LogP contribution in [0.15, 0.2) is 0 Å². The van der Waals surface area contributed by atoms with Crippen LogP contribution < -0.4 is 0 Å². The predicted molar refractivity (Wildman–Crippen MR) is 30.6 cm³/mol. The molecule has 0 spiro atoms. The van der Waals surface area contributed by atoms with Crippen molar-refractivity contribution in [2.75, 3.05) is 13.2 Å². The Bertz CT molecular complexity index is 66.2. The summed E-state index contributed by atoms with van der Waals surface area (Å²) in [4.78, 5) is 0. The Balaban J connectivity index is 2.13. The van der Waals surface area contributed by atoms with Crippen LogP contribution in [0, 0.1) is 5.92 Å². The molecule has 1 rings (SSSR count). The second kappa shape index (κ2) is 2.46. The molecule has 48 valence electrons. The van der Waals surface area contributed by atoms with E-state index in [-0.39, 0.29) is 6.10 Å². The molecule has 2 nitrogen and oxygen atoms in total. The first kappa shape index (κ1) is 6.05. The van der Waals surface area contributed by atoms with Gasteiger partial charge < -0.3 is 9.84 Å². The van der Waals surface area contributed by atoms with E-state index in [0.29, 0.717) is 5.92 Å². The molecule has 8 heavy (non-hydrogen) atoms. The average molecular weight is 116 g/mol. The summed E-state index contributed by atoms with van der Waals surface area (Å²) in [5.74, 6) is 0.431. The number of aliphatic hydroxyl groups is 1. The maximum absolute atomic E-state index is 9.10. The summed E-state index contributed by atoms with van der Waals surface area (Å²) in [5, 5.41) is 9.10. The standard InChI is InChI=1S/C6H12O2/c1-2-6(7)5-3-8-4-5/h5-7H,2-4H2,1H3. The average Bonchev–Trinajstić information content (AvgIpc) is 1.62. The van der Waals surface area contributed by atoms with Gasteiger partial charge in [0.05, 0.1) is 19.3 Å². The number of hydrogen-bond acceptors (Lipinski definition) is 2. The van der Waals surface area contributed by atoms with Crippen LogP contribution in [0.25, 0.3) is 0 Å². The molecular formula is C6H12O2. The normalized spacial score (nSPS) is 24.8. The summed E-state index contributed by atoms with van der Waals surface area (Å²) in [6, 6.07) is 0. The molecule has 2 heteroatoms. The minimum atomic E-state index is -0.122. The molecule has 0 aromatic heterocycles. The molecule has 1 aliphatic rings. The summed E-state index contributed by atoms with van der Waals surface area (Å²) in [7, 11) is 0. The molecule has 0 aromatic carbocycles. The quantitative estimate of drug-likeness (QED) is 0.566. The summed E-state index contributed by atoms with van der Waals surface area (Å²) >= 11 is 0. The van der Waals surface area contributed by atoms with E-state index >= 15 is 0 Å². The molecular weight excluding hydrogens is 104 g/mol. The molecule has 1 fully saturated rings. The summed E-state index contributed by atoms with van der Waals surface area (Å²) in [6.07, 6.45) is 0.734. The van der Waals surface area contributed by atoms with Gasteiger partial charge in [0.25, 0.3) is 0 Å². The van der Waals surface area contributed by atoms with E-state index in [4.69, 9.17) is 9.84 Å². The van der Waals surface area contributed by atoms with Crippen molar-refractivity contribution >= 4 is 0 Å². The second-order valence-electron chi connectivity index (χ2n) is 2.27. The first-order chi connectivity index (χ1) is 3.84. The number of ether oxygens (including phenoxy) is 1. The van der Waals surface area contributed by atoms with Gasteiger partial charge in [0.2, 0.25) is 0 Å². The molecule has 0 aromatic rings. The largest absolute Gasteiger partial charge is 0.393 e. The van der Waals surface area contributed by atoms with E-state index in [2.05, 4.69) is 0 Å². The van der Waals surface area contributed by atoms with E-state index in [1.165, 1.54) is 0 Å². The first-order valence-electron chi connectivity index (χ1n) is 3.10. The van der Waals surface area contributed by atoms with Gasteiger partial charge in [0, 0.05) is 5.92 Å². The highest BCUT2D eigenvalue weighted by Crippen LogP contribution is 2.16. The van der Waals surface area contributed by atoms with E-state index in [9.17, 15) is 0 Å². The maximum atomic E-state index is 9.10. The SMILES string of the molecule is CCC(O)C1COC1. The van der Waals surface area contributed by atoms with Gasteiger partial charge in [-0.3, -0.25) is 0 Å². The van der Waals surface area contributed by atoms with E-state index < -0.39 is 0 Å². The van der Waals surface area contributed by atoms with Crippen molar-refractivity contribution in [3.63, 3.8) is 0 Å². The molecule has 0 aliphatic carbocycles. The molecule has 1 unspecified atom stereocenters. The Hall–Kier alpha value is -0.0800. The van der Waals surface area contributed by atoms with Crippen molar-refractivity contribution in [3.05, 3.63) is 0 Å². The van der Waals surface area contributed by atoms with Crippen molar-refractivity contribution in [2.45, 2.75) is 19.4 Å². The van der Waals surface area contributed by atoms with E-state index in [1.807, 2.05) is 6.92 Å². The molecule has 0 saturated carbocycles. The van der Waals surface area contributed by atoms with Crippen LogP contribution in [0.5, 0.6) is 0 Å². The molecule has 0 amide bonds. The summed E-state index contributed by atoms with van der Waals surface area (Å²) < 4.78 is 4.90. The number of aliphatic hydroxyl groups excluding tert-OH is 1. The molecule has 1 N–H and O–H groups in total. The highest BCUT2D eigenvalue weighted by atomic mass is 16.5. The van der Waals surface area contributed by atoms with Gasteiger partial charge in [0.15, 0.2) is 0 Å². The molecule has 1 heterocycles. The molecule has 0 radical (unpaired) electrons. The van der Waals surface area contributed by atoms with Crippen molar-refractivity contribution in [1.29, 1.82) is 0 Å². The van der Waals surface area contributed by atoms with E-state index in [0.717, 1.165) is 19.6 Å². The lowest BCUT2D eigenvalue weighted by Crippen LogP contribution is -2.37. The van der Waals surface area contributed by atoms with Crippen LogP contribution in [0.1, 0.15) is 13.3 Å². The Morgan fingerprint density at radius 2 is 2.38 bits per heavy atom. The zero-order valence-corrected chi connectivity index (χ0v) is 5.13. The number of hydrogen-bond donors (Lipinski definition) is 1. The van der Waals surface area contributed by atoms with Gasteiger partial charge in [-0.2, -0.15) is 0 Å². The highest BCUT2D eigenvalue weighted by molar-refractivity contribution is 4.72. The maximum Gasteiger partial charge on any atom is 0.0609 e. The topological polar surface area (TPSA) is 29.5 Å². The fourth-order valence-corrected chi connectivity index (χ4v) is 0.809. The van der Waals surface area contributed by atoms with Gasteiger partial charge in [-0.15, -0.1) is 0 Å². The fraction of sp³-hybridized carbons (Fsp3) is 1.00. The molecule has 1 atom stereocenters. The Morgan fingerprint density at radius 1 is 1.75 bits per heavy atom. The van der Waals surface area contributed by atoms with Gasteiger partial charge in [-0.25, -0.2) is 0 Å². The van der Waals surface area contributed by atoms with Crippen molar-refractivity contribution in [1.82, 2.24) is 0 Å². The lowest BCUT2D eigenvalue weighted by atomic mass is 9.99. The first-order valence-corrected chi connectivity index (χ1v) is 3.10. The Kier molecular flexibility index (Phi) is 1.86. The molecule has 0 bridgehead atoms. The van der Waals surface area contributed by atoms with Crippen molar-refractivity contribution in [3.8, 4) is 0 Å². The third-order valence-corrected chi connectivity index (χ3v) is 1.63. The van der Waals surface area contributed by atoms with Crippen LogP contribution in [0.2, 0.25) is 0 Å². The van der Waals surface area contributed by atoms with Gasteiger partial charge in [-0.1, -0.05) is 6.92 Å². The molecule has 1 saturated heterocycles. The lowest BCUT2D eigenvalue weighted by Gasteiger charge is -2.29. The number of rotatable bonds is 2. The summed E-state index contributed by atoms with van der Waals surface area (Å²) in [6.45, 7) is 3.51. The zero-order valence-electron chi connectivity index (χ0n) is 5.13. The minimum Gasteiger partial charge on any atom is -0.393 e. The van der Waals surface area contributed by atoms with Crippen LogP contribution in [0.3, 0.4) is 0 Å². The van der Waals surface area contributed by atoms with Crippen molar-refractivity contribution in [2.24, 2.45) is 5.92 Å². The monoisotopic (exact) mass is 116 g/mol. The van der Waals surface area contributed by atoms with Crippen molar-refractivity contribution < 1.29 is 9.84 Å². The fourth-order valence-electron chi connectivity index (χ4n) is 0.809. The van der Waals surface area contributed by atoms with Crippen LogP contribution in [-0.4, -0.2) is 24.4 Å². The minimum absolute atomic E-state index is 0.122. The Morgan fingerprint density at radius 3 is 2.50 bits per heavy atom. The molecule has 1 aliphatic heterocycles. The smallest absolute Gasteiger partial charge is 0.0609 e. The predicted octanol–water partition coefficient (Wildman–Crippen LogP) is 0.404. The van der Waals surface area contributed by atoms with Crippen LogP contribution in [-0.2, 0) is 4.74 Å². The third-order valence-electron chi connectivity index (χ3n) is 1.63. The van der Waals surface area contributed by atoms with Gasteiger partial charge >= 0.3 is 0 Å². The van der Waals surface area contributed by atoms with Gasteiger partial charge in [0.1, 0.15) is 0 Å². The lowest BCUT2D eigenvalue weighted by molar-refractivity contribution is -0.0913.